The van der Waals surface area contributed by atoms with Crippen LogP contribution in [0.25, 0.3) is 21.9 Å². The van der Waals surface area contributed by atoms with Crippen molar-refractivity contribution in [2.45, 2.75) is 18.4 Å². The molecule has 1 aliphatic heterocycles. The Labute approximate surface area is 176 Å². The monoisotopic (exact) mass is 412 g/mol. The highest BCUT2D eigenvalue weighted by atomic mass is 35.5. The number of aromatic hydroxyl groups is 1. The van der Waals surface area contributed by atoms with E-state index in [1.54, 1.807) is 18.2 Å². The van der Waals surface area contributed by atoms with Crippen LogP contribution in [0.1, 0.15) is 23.2 Å². The Bertz CT molecular complexity index is 999. The fourth-order valence-corrected chi connectivity index (χ4v) is 3.80. The van der Waals surface area contributed by atoms with E-state index in [9.17, 15) is 15.0 Å². The summed E-state index contributed by atoms with van der Waals surface area (Å²) in [5.41, 5.74) is 1.24. The number of rotatable bonds is 4. The number of nitrogens with one attached hydrogen (secondary N) is 2. The second-order valence-electron chi connectivity index (χ2n) is 7.45. The molecule has 1 heterocycles. The number of halogens is 1. The third-order valence-corrected chi connectivity index (χ3v) is 5.37. The summed E-state index contributed by atoms with van der Waals surface area (Å²) < 4.78 is 0. The summed E-state index contributed by atoms with van der Waals surface area (Å²) in [7, 11) is 0. The van der Waals surface area contributed by atoms with Gasteiger partial charge in [-0.2, -0.15) is 0 Å². The molecule has 1 unspecified atom stereocenters. The van der Waals surface area contributed by atoms with E-state index in [0.29, 0.717) is 18.5 Å². The van der Waals surface area contributed by atoms with Crippen molar-refractivity contribution in [3.8, 4) is 16.9 Å². The Hall–Kier alpha value is -2.60. The van der Waals surface area contributed by atoms with Gasteiger partial charge in [-0.05, 0) is 53.9 Å². The number of benzene rings is 3. The molecule has 1 aliphatic rings. The van der Waals surface area contributed by atoms with Crippen molar-refractivity contribution in [1.82, 2.24) is 10.6 Å². The van der Waals surface area contributed by atoms with E-state index in [1.807, 2.05) is 42.5 Å². The molecule has 3 aromatic carbocycles. The SMILES string of the molecule is Cl.O=C(NCC1(O)CCCNC1)c1ccc(-c2c(O)ccc3ccccc23)cc1. The predicted molar refractivity (Wildman–Crippen MR) is 118 cm³/mol. The number of β-amino-alcohol motifs (C(OH)–C–C–N with tert-alkyl or cyclic N) is 1. The van der Waals surface area contributed by atoms with Crippen LogP contribution in [0.5, 0.6) is 5.75 Å². The highest BCUT2D eigenvalue weighted by Gasteiger charge is 2.29. The van der Waals surface area contributed by atoms with Gasteiger partial charge in [-0.25, -0.2) is 0 Å². The molecule has 0 radical (unpaired) electrons. The third-order valence-electron chi connectivity index (χ3n) is 5.37. The fourth-order valence-electron chi connectivity index (χ4n) is 3.80. The average molecular weight is 413 g/mol. The Kier molecular flexibility index (Phi) is 6.42. The van der Waals surface area contributed by atoms with Gasteiger partial charge in [-0.3, -0.25) is 4.79 Å². The predicted octanol–water partition coefficient (Wildman–Crippen LogP) is 3.48. The standard InChI is InChI=1S/C23H24N2O3.ClH/c26-20-11-10-16-4-1-2-5-19(16)21(20)17-6-8-18(9-7-17)22(27)25-15-23(28)12-3-13-24-14-23;/h1-2,4-11,24,26,28H,3,12-15H2,(H,25,27);1H. The van der Waals surface area contributed by atoms with Crippen molar-refractivity contribution in [3.63, 3.8) is 0 Å². The second kappa shape index (κ2) is 8.82. The first kappa shape index (κ1) is 21.1. The first-order valence-corrected chi connectivity index (χ1v) is 9.58. The van der Waals surface area contributed by atoms with Crippen LogP contribution >= 0.6 is 12.4 Å². The van der Waals surface area contributed by atoms with E-state index in [4.69, 9.17) is 0 Å². The van der Waals surface area contributed by atoms with Crippen molar-refractivity contribution in [3.05, 3.63) is 66.2 Å². The van der Waals surface area contributed by atoms with Crippen LogP contribution in [0.3, 0.4) is 0 Å². The number of phenols is 1. The van der Waals surface area contributed by atoms with Gasteiger partial charge in [0.25, 0.3) is 5.91 Å². The van der Waals surface area contributed by atoms with Crippen molar-refractivity contribution >= 4 is 29.1 Å². The third kappa shape index (κ3) is 4.53. The van der Waals surface area contributed by atoms with Crippen LogP contribution in [0.4, 0.5) is 0 Å². The topological polar surface area (TPSA) is 81.6 Å². The summed E-state index contributed by atoms with van der Waals surface area (Å²) in [6.45, 7) is 1.62. The van der Waals surface area contributed by atoms with E-state index in [2.05, 4.69) is 10.6 Å². The molecule has 0 bridgehead atoms. The highest BCUT2D eigenvalue weighted by molar-refractivity contribution is 6.00. The van der Waals surface area contributed by atoms with E-state index in [0.717, 1.165) is 34.9 Å². The van der Waals surface area contributed by atoms with Gasteiger partial charge in [0.05, 0.1) is 5.60 Å². The molecular weight excluding hydrogens is 388 g/mol. The molecule has 1 saturated heterocycles. The van der Waals surface area contributed by atoms with Crippen LogP contribution in [-0.2, 0) is 0 Å². The number of aliphatic hydroxyl groups is 1. The van der Waals surface area contributed by atoms with Gasteiger partial charge in [-0.1, -0.05) is 42.5 Å². The highest BCUT2D eigenvalue weighted by Crippen LogP contribution is 2.36. The van der Waals surface area contributed by atoms with Gasteiger partial charge in [-0.15, -0.1) is 12.4 Å². The lowest BCUT2D eigenvalue weighted by atomic mass is 9.94. The lowest BCUT2D eigenvalue weighted by molar-refractivity contribution is 0.0170. The molecule has 0 aromatic heterocycles. The number of amides is 1. The molecule has 1 atom stereocenters. The quantitative estimate of drug-likeness (QED) is 0.529. The zero-order valence-corrected chi connectivity index (χ0v) is 16.8. The molecule has 1 amide bonds. The summed E-state index contributed by atoms with van der Waals surface area (Å²) in [4.78, 5) is 12.5. The maximum atomic E-state index is 12.5. The summed E-state index contributed by atoms with van der Waals surface area (Å²) in [5.74, 6) is -0.00406. The molecule has 152 valence electrons. The summed E-state index contributed by atoms with van der Waals surface area (Å²) in [6.07, 6.45) is 1.58. The normalized spacial score (nSPS) is 18.8. The van der Waals surface area contributed by atoms with Crippen LogP contribution in [0.15, 0.2) is 60.7 Å². The zero-order chi connectivity index (χ0) is 19.6. The molecule has 3 aromatic rings. The van der Waals surface area contributed by atoms with Crippen molar-refractivity contribution in [1.29, 1.82) is 0 Å². The molecule has 5 nitrogen and oxygen atoms in total. The number of hydrogen-bond acceptors (Lipinski definition) is 4. The maximum absolute atomic E-state index is 12.5. The van der Waals surface area contributed by atoms with Crippen molar-refractivity contribution < 1.29 is 15.0 Å². The van der Waals surface area contributed by atoms with Crippen LogP contribution in [0, 0.1) is 0 Å². The maximum Gasteiger partial charge on any atom is 0.251 e. The molecular formula is C23H25ClN2O3. The summed E-state index contributed by atoms with van der Waals surface area (Å²) in [6, 6.07) is 18.6. The van der Waals surface area contributed by atoms with Gasteiger partial charge in [0.1, 0.15) is 5.75 Å². The number of phenolic OH excluding ortho intramolecular Hbond substituents is 1. The zero-order valence-electron chi connectivity index (χ0n) is 16.0. The van der Waals surface area contributed by atoms with Gasteiger partial charge >= 0.3 is 0 Å². The number of fused-ring (bicyclic) bond motifs is 1. The van der Waals surface area contributed by atoms with Crippen LogP contribution < -0.4 is 10.6 Å². The lowest BCUT2D eigenvalue weighted by Gasteiger charge is -2.32. The van der Waals surface area contributed by atoms with Gasteiger partial charge in [0.2, 0.25) is 0 Å². The molecule has 1 fully saturated rings. The Morgan fingerprint density at radius 3 is 2.55 bits per heavy atom. The van der Waals surface area contributed by atoms with E-state index in [-0.39, 0.29) is 30.6 Å². The minimum atomic E-state index is -0.886. The fraction of sp³-hybridized carbons (Fsp3) is 0.261. The Balaban J connectivity index is 0.00000240. The van der Waals surface area contributed by atoms with Crippen LogP contribution in [-0.4, -0.2) is 41.4 Å². The minimum absolute atomic E-state index is 0. The number of piperidine rings is 1. The largest absolute Gasteiger partial charge is 0.507 e. The number of hydrogen-bond donors (Lipinski definition) is 4. The molecule has 6 heteroatoms. The number of carbonyl (C=O) groups excluding carboxylic acids is 1. The number of carbonyl (C=O) groups is 1. The van der Waals surface area contributed by atoms with E-state index in [1.165, 1.54) is 0 Å². The Morgan fingerprint density at radius 1 is 1.07 bits per heavy atom. The molecule has 0 aliphatic carbocycles. The smallest absolute Gasteiger partial charge is 0.251 e. The minimum Gasteiger partial charge on any atom is -0.507 e. The molecule has 4 N–H and O–H groups in total. The second-order valence-corrected chi connectivity index (χ2v) is 7.45. The van der Waals surface area contributed by atoms with Crippen LogP contribution in [0.2, 0.25) is 0 Å². The summed E-state index contributed by atoms with van der Waals surface area (Å²) >= 11 is 0. The van der Waals surface area contributed by atoms with E-state index >= 15 is 0 Å². The summed E-state index contributed by atoms with van der Waals surface area (Å²) in [5, 5.41) is 28.9. The molecule has 0 saturated carbocycles. The molecule has 29 heavy (non-hydrogen) atoms. The first-order valence-electron chi connectivity index (χ1n) is 9.58. The van der Waals surface area contributed by atoms with E-state index < -0.39 is 5.60 Å². The van der Waals surface area contributed by atoms with Crippen molar-refractivity contribution in [2.75, 3.05) is 19.6 Å². The Morgan fingerprint density at radius 2 is 1.83 bits per heavy atom. The lowest BCUT2D eigenvalue weighted by Crippen LogP contribution is -2.52. The molecule has 0 spiro atoms. The molecule has 4 rings (SSSR count). The van der Waals surface area contributed by atoms with Crippen molar-refractivity contribution in [2.24, 2.45) is 0 Å². The first-order chi connectivity index (χ1) is 13.6. The van der Waals surface area contributed by atoms with Gasteiger partial charge in [0.15, 0.2) is 0 Å². The van der Waals surface area contributed by atoms with Gasteiger partial charge in [0, 0.05) is 24.2 Å². The average Bonchev–Trinajstić information content (AvgIpc) is 2.73. The van der Waals surface area contributed by atoms with Gasteiger partial charge < -0.3 is 20.8 Å².